The van der Waals surface area contributed by atoms with Gasteiger partial charge in [0.25, 0.3) is 0 Å². The van der Waals surface area contributed by atoms with E-state index in [0.29, 0.717) is 4.90 Å². The Labute approximate surface area is 150 Å². The van der Waals surface area contributed by atoms with Crippen LogP contribution in [0.3, 0.4) is 0 Å². The second-order valence-electron chi connectivity index (χ2n) is 7.19. The van der Waals surface area contributed by atoms with Gasteiger partial charge < -0.3 is 4.57 Å². The molecule has 138 valence electrons. The van der Waals surface area contributed by atoms with E-state index in [0.717, 1.165) is 49.0 Å². The highest BCUT2D eigenvalue weighted by atomic mass is 32.2. The number of fused-ring (bicyclic) bond motifs is 1. The quantitative estimate of drug-likeness (QED) is 0.818. The minimum absolute atomic E-state index is 0.295. The first-order valence-electron chi connectivity index (χ1n) is 8.97. The Balaban J connectivity index is 1.97. The van der Waals surface area contributed by atoms with Crippen LogP contribution in [-0.4, -0.2) is 54.4 Å². The largest absolute Gasteiger partial charge is 0.327 e. The number of aromatic nitrogens is 2. The van der Waals surface area contributed by atoms with Crippen LogP contribution in [0.4, 0.5) is 0 Å². The van der Waals surface area contributed by atoms with Crippen molar-refractivity contribution in [2.75, 3.05) is 27.2 Å². The van der Waals surface area contributed by atoms with E-state index in [9.17, 15) is 8.42 Å². The lowest BCUT2D eigenvalue weighted by Gasteiger charge is -2.30. The van der Waals surface area contributed by atoms with Crippen molar-refractivity contribution in [3.8, 4) is 0 Å². The average Bonchev–Trinajstić information content (AvgIpc) is 2.90. The third-order valence-electron chi connectivity index (χ3n) is 5.00. The smallest absolute Gasteiger partial charge is 0.242 e. The van der Waals surface area contributed by atoms with Crippen LogP contribution in [0, 0.1) is 5.92 Å². The van der Waals surface area contributed by atoms with Gasteiger partial charge in [-0.3, -0.25) is 4.90 Å². The van der Waals surface area contributed by atoms with Gasteiger partial charge in [0, 0.05) is 27.2 Å². The van der Waals surface area contributed by atoms with Crippen LogP contribution in [0.2, 0.25) is 0 Å². The van der Waals surface area contributed by atoms with E-state index in [-0.39, 0.29) is 0 Å². The molecule has 2 heterocycles. The number of sulfonamides is 1. The summed E-state index contributed by atoms with van der Waals surface area (Å²) in [5.41, 5.74) is 1.75. The Morgan fingerprint density at radius 2 is 2.08 bits per heavy atom. The van der Waals surface area contributed by atoms with E-state index in [1.165, 1.54) is 17.1 Å². The number of hydrogen-bond acceptors (Lipinski definition) is 4. The molecule has 1 aromatic heterocycles. The molecular formula is C18H28N4O2S. The van der Waals surface area contributed by atoms with Crippen LogP contribution in [0.25, 0.3) is 11.0 Å². The second kappa shape index (κ2) is 7.05. The van der Waals surface area contributed by atoms with Crippen molar-refractivity contribution in [2.24, 2.45) is 5.92 Å². The number of hydrogen-bond donors (Lipinski definition) is 0. The van der Waals surface area contributed by atoms with E-state index in [1.807, 2.05) is 6.07 Å². The highest BCUT2D eigenvalue weighted by molar-refractivity contribution is 7.89. The first-order chi connectivity index (χ1) is 11.8. The molecule has 0 radical (unpaired) electrons. The highest BCUT2D eigenvalue weighted by Gasteiger charge is 2.21. The number of aryl methyl sites for hydroxylation is 1. The van der Waals surface area contributed by atoms with Crippen LogP contribution in [-0.2, 0) is 23.1 Å². The van der Waals surface area contributed by atoms with Gasteiger partial charge in [-0.2, -0.15) is 0 Å². The Kier molecular flexibility index (Phi) is 5.18. The van der Waals surface area contributed by atoms with Gasteiger partial charge in [0.1, 0.15) is 5.82 Å². The van der Waals surface area contributed by atoms with Gasteiger partial charge in [-0.05, 0) is 50.4 Å². The molecule has 1 fully saturated rings. The standard InChI is InChI=1S/C18H28N4O2S/c1-5-22-17-9-8-15(25(23,24)20(3)4)11-16(17)19-18(22)13-21-10-6-7-14(2)12-21/h8-9,11,14H,5-7,10,12-13H2,1-4H3/t14-/m1/s1. The van der Waals surface area contributed by atoms with Crippen molar-refractivity contribution in [2.45, 2.75) is 44.7 Å². The first kappa shape index (κ1) is 18.4. The number of imidazole rings is 1. The van der Waals surface area contributed by atoms with Gasteiger partial charge in [-0.25, -0.2) is 17.7 Å². The van der Waals surface area contributed by atoms with Gasteiger partial charge >= 0.3 is 0 Å². The van der Waals surface area contributed by atoms with E-state index in [4.69, 9.17) is 4.98 Å². The van der Waals surface area contributed by atoms with Crippen molar-refractivity contribution in [3.05, 3.63) is 24.0 Å². The summed E-state index contributed by atoms with van der Waals surface area (Å²) in [6, 6.07) is 5.25. The summed E-state index contributed by atoms with van der Waals surface area (Å²) in [5.74, 6) is 1.75. The lowest BCUT2D eigenvalue weighted by atomic mass is 10.0. The number of likely N-dealkylation sites (tertiary alicyclic amines) is 1. The van der Waals surface area contributed by atoms with E-state index in [1.54, 1.807) is 26.2 Å². The lowest BCUT2D eigenvalue weighted by Crippen LogP contribution is -2.34. The summed E-state index contributed by atoms with van der Waals surface area (Å²) in [6.07, 6.45) is 2.53. The van der Waals surface area contributed by atoms with Crippen LogP contribution in [0.5, 0.6) is 0 Å². The maximum absolute atomic E-state index is 12.4. The predicted octanol–water partition coefficient (Wildman–Crippen LogP) is 2.54. The molecular weight excluding hydrogens is 336 g/mol. The van der Waals surface area contributed by atoms with Gasteiger partial charge in [0.05, 0.1) is 22.5 Å². The molecule has 0 bridgehead atoms. The van der Waals surface area contributed by atoms with E-state index < -0.39 is 10.0 Å². The minimum Gasteiger partial charge on any atom is -0.327 e. The Morgan fingerprint density at radius 3 is 2.72 bits per heavy atom. The molecule has 0 saturated carbocycles. The first-order valence-corrected chi connectivity index (χ1v) is 10.4. The summed E-state index contributed by atoms with van der Waals surface area (Å²) < 4.78 is 28.2. The average molecular weight is 365 g/mol. The molecule has 0 N–H and O–H groups in total. The fraction of sp³-hybridized carbons (Fsp3) is 0.611. The van der Waals surface area contributed by atoms with Crippen molar-refractivity contribution < 1.29 is 8.42 Å². The fourth-order valence-electron chi connectivity index (χ4n) is 3.63. The molecule has 1 atom stereocenters. The summed E-state index contributed by atoms with van der Waals surface area (Å²) in [7, 11) is -0.342. The van der Waals surface area contributed by atoms with Crippen LogP contribution >= 0.6 is 0 Å². The number of rotatable bonds is 5. The Hall–Kier alpha value is -1.44. The molecule has 0 unspecified atom stereocenters. The molecule has 1 aliphatic heterocycles. The predicted molar refractivity (Wildman–Crippen MR) is 100.0 cm³/mol. The monoisotopic (exact) mass is 364 g/mol. The summed E-state index contributed by atoms with van der Waals surface area (Å²) in [5, 5.41) is 0. The molecule has 0 spiro atoms. The minimum atomic E-state index is -3.44. The molecule has 2 aromatic rings. The van der Waals surface area contributed by atoms with Crippen molar-refractivity contribution in [1.29, 1.82) is 0 Å². The fourth-order valence-corrected chi connectivity index (χ4v) is 4.56. The third-order valence-corrected chi connectivity index (χ3v) is 6.81. The number of piperidine rings is 1. The number of benzene rings is 1. The molecule has 7 heteroatoms. The zero-order chi connectivity index (χ0) is 18.2. The maximum Gasteiger partial charge on any atom is 0.242 e. The Morgan fingerprint density at radius 1 is 1.32 bits per heavy atom. The molecule has 1 aliphatic rings. The molecule has 3 rings (SSSR count). The second-order valence-corrected chi connectivity index (χ2v) is 9.34. The molecule has 6 nitrogen and oxygen atoms in total. The lowest BCUT2D eigenvalue weighted by molar-refractivity contribution is 0.171. The van der Waals surface area contributed by atoms with Crippen LogP contribution in [0.15, 0.2) is 23.1 Å². The van der Waals surface area contributed by atoms with Gasteiger partial charge in [0.2, 0.25) is 10.0 Å². The summed E-state index contributed by atoms with van der Waals surface area (Å²) in [6.45, 7) is 8.27. The molecule has 0 amide bonds. The zero-order valence-corrected chi connectivity index (χ0v) is 16.4. The SMILES string of the molecule is CCn1c(CN2CCC[C@@H](C)C2)nc2cc(S(=O)(=O)N(C)C)ccc21. The topological polar surface area (TPSA) is 58.4 Å². The van der Waals surface area contributed by atoms with Gasteiger partial charge in [-0.1, -0.05) is 6.92 Å². The van der Waals surface area contributed by atoms with Crippen molar-refractivity contribution in [3.63, 3.8) is 0 Å². The zero-order valence-electron chi connectivity index (χ0n) is 15.6. The van der Waals surface area contributed by atoms with E-state index >= 15 is 0 Å². The molecule has 1 aromatic carbocycles. The summed E-state index contributed by atoms with van der Waals surface area (Å²) >= 11 is 0. The normalized spacial score (nSPS) is 19.8. The highest BCUT2D eigenvalue weighted by Crippen LogP contribution is 2.24. The summed E-state index contributed by atoms with van der Waals surface area (Å²) in [4.78, 5) is 7.53. The van der Waals surface area contributed by atoms with Gasteiger partial charge in [0.15, 0.2) is 0 Å². The van der Waals surface area contributed by atoms with Crippen LogP contribution < -0.4 is 0 Å². The molecule has 25 heavy (non-hydrogen) atoms. The number of nitrogens with zero attached hydrogens (tertiary/aromatic N) is 4. The van der Waals surface area contributed by atoms with Crippen molar-refractivity contribution >= 4 is 21.1 Å². The van der Waals surface area contributed by atoms with Crippen LogP contribution in [0.1, 0.15) is 32.5 Å². The third kappa shape index (κ3) is 3.59. The molecule has 0 aliphatic carbocycles. The maximum atomic E-state index is 12.4. The molecule has 1 saturated heterocycles. The Bertz CT molecular complexity index is 857. The van der Waals surface area contributed by atoms with E-state index in [2.05, 4.69) is 23.3 Å². The van der Waals surface area contributed by atoms with Crippen molar-refractivity contribution in [1.82, 2.24) is 18.8 Å². The van der Waals surface area contributed by atoms with Gasteiger partial charge in [-0.15, -0.1) is 0 Å².